The van der Waals surface area contributed by atoms with E-state index in [1.807, 2.05) is 0 Å². The molecule has 3 rings (SSSR count). The molecule has 0 saturated carbocycles. The lowest BCUT2D eigenvalue weighted by atomic mass is 9.99. The molecule has 0 amide bonds. The van der Waals surface area contributed by atoms with Crippen LogP contribution in [0.25, 0.3) is 0 Å². The Morgan fingerprint density at radius 3 is 1.47 bits per heavy atom. The summed E-state index contributed by atoms with van der Waals surface area (Å²) >= 11 is 0. The first kappa shape index (κ1) is 22.4. The van der Waals surface area contributed by atoms with Crippen LogP contribution in [-0.2, 0) is 0 Å². The third-order valence-electron chi connectivity index (χ3n) is 4.67. The van der Waals surface area contributed by atoms with Gasteiger partial charge in [-0.25, -0.2) is 0 Å². The lowest BCUT2D eigenvalue weighted by Crippen LogP contribution is -2.14. The van der Waals surface area contributed by atoms with E-state index in [-0.39, 0.29) is 11.1 Å². The van der Waals surface area contributed by atoms with E-state index < -0.39 is 11.6 Å². The number of carbonyl (C=O) groups is 2. The number of carbonyl (C=O) groups excluding carboxylic acids is 2. The van der Waals surface area contributed by atoms with Crippen molar-refractivity contribution < 1.29 is 28.5 Å². The van der Waals surface area contributed by atoms with Crippen molar-refractivity contribution in [3.63, 3.8) is 0 Å². The topological polar surface area (TPSA) is 71.1 Å². The van der Waals surface area contributed by atoms with Gasteiger partial charge in [0.05, 0.1) is 28.4 Å². The molecule has 3 aromatic carbocycles. The molecule has 32 heavy (non-hydrogen) atoms. The van der Waals surface area contributed by atoms with E-state index >= 15 is 0 Å². The Morgan fingerprint density at radius 1 is 0.531 bits per heavy atom. The molecule has 0 bridgehead atoms. The van der Waals surface area contributed by atoms with Crippen LogP contribution >= 0.6 is 0 Å². The van der Waals surface area contributed by atoms with E-state index in [0.717, 1.165) is 0 Å². The number of methoxy groups -OCH3 is 4. The van der Waals surface area contributed by atoms with Crippen LogP contribution in [-0.4, -0.2) is 40.0 Å². The van der Waals surface area contributed by atoms with Crippen LogP contribution in [0.1, 0.15) is 31.8 Å². The van der Waals surface area contributed by atoms with E-state index in [0.29, 0.717) is 34.1 Å². The van der Waals surface area contributed by atoms with Crippen LogP contribution in [0.4, 0.5) is 0 Å². The smallest absolute Gasteiger partial charge is 0.233 e. The Hall–Kier alpha value is -4.24. The fraction of sp³-hybridized carbons (Fsp3) is 0.154. The third kappa shape index (κ3) is 5.27. The molecule has 0 N–H and O–H groups in total. The molecule has 0 saturated heterocycles. The monoisotopic (exact) mass is 430 g/mol. The van der Waals surface area contributed by atoms with Gasteiger partial charge in [0, 0.05) is 28.3 Å². The maximum atomic E-state index is 12.8. The summed E-state index contributed by atoms with van der Waals surface area (Å²) in [6.07, 6.45) is 0. The SMILES string of the molecule is COc1ccc(C(=O)C(=O)c2cc(C#Cc3cc(OC)cc(OC)c3)cc(OC)c2)cc1. The van der Waals surface area contributed by atoms with Crippen molar-refractivity contribution >= 4 is 11.6 Å². The van der Waals surface area contributed by atoms with Crippen molar-refractivity contribution in [2.45, 2.75) is 0 Å². The Labute approximate surface area is 186 Å². The van der Waals surface area contributed by atoms with E-state index in [1.54, 1.807) is 68.8 Å². The molecule has 6 heteroatoms. The summed E-state index contributed by atoms with van der Waals surface area (Å²) in [5.74, 6) is 7.00. The largest absolute Gasteiger partial charge is 0.497 e. The summed E-state index contributed by atoms with van der Waals surface area (Å²) in [5, 5.41) is 0. The van der Waals surface area contributed by atoms with Gasteiger partial charge in [-0.1, -0.05) is 11.8 Å². The molecule has 0 radical (unpaired) electrons. The second kappa shape index (κ2) is 10.2. The highest BCUT2D eigenvalue weighted by molar-refractivity contribution is 6.49. The molecule has 0 unspecified atom stereocenters. The normalized spacial score (nSPS) is 9.88. The maximum Gasteiger partial charge on any atom is 0.233 e. The quantitative estimate of drug-likeness (QED) is 0.318. The maximum absolute atomic E-state index is 12.8. The van der Waals surface area contributed by atoms with Crippen molar-refractivity contribution in [3.05, 3.63) is 82.9 Å². The zero-order chi connectivity index (χ0) is 23.1. The number of rotatable bonds is 7. The Kier molecular flexibility index (Phi) is 7.14. The highest BCUT2D eigenvalue weighted by atomic mass is 16.5. The van der Waals surface area contributed by atoms with Gasteiger partial charge < -0.3 is 18.9 Å². The van der Waals surface area contributed by atoms with Crippen LogP contribution < -0.4 is 18.9 Å². The molecule has 0 aliphatic rings. The summed E-state index contributed by atoms with van der Waals surface area (Å²) in [6.45, 7) is 0. The first-order chi connectivity index (χ1) is 15.5. The zero-order valence-corrected chi connectivity index (χ0v) is 18.2. The third-order valence-corrected chi connectivity index (χ3v) is 4.67. The van der Waals surface area contributed by atoms with Crippen LogP contribution in [0, 0.1) is 11.8 Å². The van der Waals surface area contributed by atoms with E-state index in [9.17, 15) is 9.59 Å². The molecule has 0 aliphatic carbocycles. The predicted octanol–water partition coefficient (Wildman–Crippen LogP) is 4.19. The van der Waals surface area contributed by atoms with Gasteiger partial charge in [-0.05, 0) is 54.6 Å². The van der Waals surface area contributed by atoms with E-state index in [1.165, 1.54) is 20.3 Å². The second-order valence-corrected chi connectivity index (χ2v) is 6.69. The Balaban J connectivity index is 1.93. The van der Waals surface area contributed by atoms with Gasteiger partial charge in [-0.3, -0.25) is 9.59 Å². The minimum absolute atomic E-state index is 0.192. The van der Waals surface area contributed by atoms with Gasteiger partial charge >= 0.3 is 0 Å². The number of ketones is 2. The summed E-state index contributed by atoms with van der Waals surface area (Å²) < 4.78 is 20.9. The van der Waals surface area contributed by atoms with Crippen molar-refractivity contribution in [1.82, 2.24) is 0 Å². The first-order valence-corrected chi connectivity index (χ1v) is 9.64. The number of Topliss-reactive ketones (excluding diaryl/α,β-unsaturated/α-hetero) is 2. The minimum atomic E-state index is -0.653. The standard InChI is InChI=1S/C26H22O6/c1-29-21-9-7-19(8-10-21)25(27)26(28)20-11-17(12-22(15-20)30-2)5-6-18-13-23(31-3)16-24(14-18)32-4/h7-16H,1-4H3. The van der Waals surface area contributed by atoms with Crippen molar-refractivity contribution in [2.75, 3.05) is 28.4 Å². The Bertz CT molecular complexity index is 1180. The predicted molar refractivity (Wildman–Crippen MR) is 120 cm³/mol. The summed E-state index contributed by atoms with van der Waals surface area (Å²) in [5.41, 5.74) is 1.66. The second-order valence-electron chi connectivity index (χ2n) is 6.69. The molecule has 0 aromatic heterocycles. The van der Waals surface area contributed by atoms with Gasteiger partial charge in [0.25, 0.3) is 0 Å². The molecule has 6 nitrogen and oxygen atoms in total. The fourth-order valence-corrected chi connectivity index (χ4v) is 2.95. The molecule has 0 fully saturated rings. The molecule has 162 valence electrons. The highest BCUT2D eigenvalue weighted by Gasteiger charge is 2.19. The van der Waals surface area contributed by atoms with Crippen LogP contribution in [0.15, 0.2) is 60.7 Å². The lowest BCUT2D eigenvalue weighted by Gasteiger charge is -2.06. The van der Waals surface area contributed by atoms with Crippen molar-refractivity contribution in [3.8, 4) is 34.8 Å². The number of benzene rings is 3. The molecule has 0 spiro atoms. The van der Waals surface area contributed by atoms with Crippen molar-refractivity contribution in [1.29, 1.82) is 0 Å². The van der Waals surface area contributed by atoms with E-state index in [4.69, 9.17) is 18.9 Å². The van der Waals surface area contributed by atoms with Gasteiger partial charge in [-0.15, -0.1) is 0 Å². The molecule has 0 atom stereocenters. The summed E-state index contributed by atoms with van der Waals surface area (Å²) in [7, 11) is 6.14. The van der Waals surface area contributed by atoms with E-state index in [2.05, 4.69) is 11.8 Å². The molecule has 3 aromatic rings. The minimum Gasteiger partial charge on any atom is -0.497 e. The Morgan fingerprint density at radius 2 is 0.969 bits per heavy atom. The van der Waals surface area contributed by atoms with Gasteiger partial charge in [0.1, 0.15) is 23.0 Å². The van der Waals surface area contributed by atoms with Gasteiger partial charge in [0.2, 0.25) is 11.6 Å². The lowest BCUT2D eigenvalue weighted by molar-refractivity contribution is 0.0816. The fourth-order valence-electron chi connectivity index (χ4n) is 2.95. The number of hydrogen-bond donors (Lipinski definition) is 0. The molecule has 0 heterocycles. The van der Waals surface area contributed by atoms with Crippen LogP contribution in [0.2, 0.25) is 0 Å². The molecular weight excluding hydrogens is 408 g/mol. The number of ether oxygens (including phenoxy) is 4. The van der Waals surface area contributed by atoms with Gasteiger partial charge in [-0.2, -0.15) is 0 Å². The summed E-state index contributed by atoms with van der Waals surface area (Å²) in [4.78, 5) is 25.5. The average Bonchev–Trinajstić information content (AvgIpc) is 2.86. The van der Waals surface area contributed by atoms with Crippen LogP contribution in [0.5, 0.6) is 23.0 Å². The van der Waals surface area contributed by atoms with Gasteiger partial charge in [0.15, 0.2) is 0 Å². The highest BCUT2D eigenvalue weighted by Crippen LogP contribution is 2.23. The summed E-state index contributed by atoms with van der Waals surface area (Å²) in [6, 6.07) is 16.4. The van der Waals surface area contributed by atoms with Crippen molar-refractivity contribution in [2.24, 2.45) is 0 Å². The molecular formula is C26H22O6. The molecule has 0 aliphatic heterocycles. The average molecular weight is 430 g/mol. The number of hydrogen-bond acceptors (Lipinski definition) is 6. The van der Waals surface area contributed by atoms with Crippen LogP contribution in [0.3, 0.4) is 0 Å². The zero-order valence-electron chi connectivity index (χ0n) is 18.2. The first-order valence-electron chi connectivity index (χ1n) is 9.64.